The Bertz CT molecular complexity index is 561. The number of nitrogens with one attached hydrogen (secondary N) is 2. The van der Waals surface area contributed by atoms with E-state index in [1.165, 1.54) is 12.3 Å². The molecule has 1 aliphatic rings. The molecule has 7 nitrogen and oxygen atoms in total. The molecule has 112 valence electrons. The average molecular weight is 366 g/mol. The number of hydrogen-bond acceptors (Lipinski definition) is 6. The molecular weight excluding hydrogens is 350 g/mol. The molecule has 1 fully saturated rings. The van der Waals surface area contributed by atoms with E-state index in [1.54, 1.807) is 7.05 Å². The highest BCUT2D eigenvalue weighted by Gasteiger charge is 2.22. The van der Waals surface area contributed by atoms with Gasteiger partial charge in [-0.1, -0.05) is 0 Å². The van der Waals surface area contributed by atoms with Crippen molar-refractivity contribution < 1.29 is 17.9 Å². The van der Waals surface area contributed by atoms with Crippen LogP contribution in [-0.4, -0.2) is 52.9 Å². The minimum Gasteiger partial charge on any atom is -0.376 e. The smallest absolute Gasteiger partial charge is 0.244 e. The Morgan fingerprint density at radius 3 is 2.95 bits per heavy atom. The van der Waals surface area contributed by atoms with Crippen molar-refractivity contribution >= 4 is 31.8 Å². The minimum atomic E-state index is -3.67. The maximum atomic E-state index is 12.3. The van der Waals surface area contributed by atoms with Gasteiger partial charge in [-0.2, -0.15) is 0 Å². The summed E-state index contributed by atoms with van der Waals surface area (Å²) in [5.74, 6) is 0.293. The van der Waals surface area contributed by atoms with Crippen molar-refractivity contribution in [3.63, 3.8) is 0 Å². The van der Waals surface area contributed by atoms with E-state index >= 15 is 0 Å². The summed E-state index contributed by atoms with van der Waals surface area (Å²) in [4.78, 5) is 4.11. The van der Waals surface area contributed by atoms with Crippen LogP contribution in [0.4, 0.5) is 5.82 Å². The third-order valence-electron chi connectivity index (χ3n) is 2.73. The van der Waals surface area contributed by atoms with Crippen molar-refractivity contribution in [2.24, 2.45) is 0 Å². The molecule has 2 heterocycles. The molecule has 9 heteroatoms. The van der Waals surface area contributed by atoms with E-state index < -0.39 is 10.0 Å². The highest BCUT2D eigenvalue weighted by molar-refractivity contribution is 9.10. The maximum absolute atomic E-state index is 12.3. The van der Waals surface area contributed by atoms with E-state index in [2.05, 4.69) is 31.0 Å². The van der Waals surface area contributed by atoms with Crippen molar-refractivity contribution in [2.75, 3.05) is 38.7 Å². The van der Waals surface area contributed by atoms with Gasteiger partial charge in [0.05, 0.1) is 25.9 Å². The minimum absolute atomic E-state index is 0.0890. The lowest BCUT2D eigenvalue weighted by Gasteiger charge is -2.23. The summed E-state index contributed by atoms with van der Waals surface area (Å²) in [7, 11) is -2.05. The first kappa shape index (κ1) is 15.6. The van der Waals surface area contributed by atoms with Crippen molar-refractivity contribution in [2.45, 2.75) is 11.0 Å². The fourth-order valence-corrected chi connectivity index (χ4v) is 3.48. The molecule has 20 heavy (non-hydrogen) atoms. The van der Waals surface area contributed by atoms with Gasteiger partial charge >= 0.3 is 0 Å². The van der Waals surface area contributed by atoms with Crippen molar-refractivity contribution in [1.82, 2.24) is 9.71 Å². The molecule has 1 aromatic heterocycles. The zero-order chi connectivity index (χ0) is 14.6. The highest BCUT2D eigenvalue weighted by atomic mass is 79.9. The van der Waals surface area contributed by atoms with Crippen molar-refractivity contribution in [1.29, 1.82) is 0 Å². The molecule has 0 radical (unpaired) electrons. The van der Waals surface area contributed by atoms with Gasteiger partial charge in [-0.15, -0.1) is 0 Å². The highest BCUT2D eigenvalue weighted by Crippen LogP contribution is 2.22. The van der Waals surface area contributed by atoms with Crippen LogP contribution >= 0.6 is 15.9 Å². The second-order valence-corrected chi connectivity index (χ2v) is 6.82. The van der Waals surface area contributed by atoms with Crippen LogP contribution in [0.25, 0.3) is 0 Å². The number of ether oxygens (including phenoxy) is 2. The van der Waals surface area contributed by atoms with Crippen LogP contribution in [-0.2, 0) is 19.5 Å². The fourth-order valence-electron chi connectivity index (χ4n) is 1.75. The molecule has 2 rings (SSSR count). The van der Waals surface area contributed by atoms with Gasteiger partial charge in [-0.25, -0.2) is 18.1 Å². The van der Waals surface area contributed by atoms with Crippen LogP contribution in [0.5, 0.6) is 0 Å². The number of pyridine rings is 1. The summed E-state index contributed by atoms with van der Waals surface area (Å²) < 4.78 is 38.3. The van der Waals surface area contributed by atoms with E-state index in [1.807, 2.05) is 0 Å². The Morgan fingerprint density at radius 1 is 1.50 bits per heavy atom. The second-order valence-electron chi connectivity index (χ2n) is 4.17. The Balaban J connectivity index is 2.11. The molecule has 2 N–H and O–H groups in total. The van der Waals surface area contributed by atoms with E-state index in [-0.39, 0.29) is 17.5 Å². The van der Waals surface area contributed by atoms with Gasteiger partial charge in [0, 0.05) is 24.3 Å². The van der Waals surface area contributed by atoms with E-state index in [4.69, 9.17) is 9.47 Å². The van der Waals surface area contributed by atoms with Crippen molar-refractivity contribution in [3.05, 3.63) is 16.7 Å². The van der Waals surface area contributed by atoms with Gasteiger partial charge in [-0.3, -0.25) is 0 Å². The normalized spacial score (nSPS) is 19.8. The Labute approximate surface area is 126 Å². The van der Waals surface area contributed by atoms with E-state index in [0.29, 0.717) is 30.1 Å². The summed E-state index contributed by atoms with van der Waals surface area (Å²) in [6.45, 7) is 1.57. The number of sulfonamides is 1. The topological polar surface area (TPSA) is 89.6 Å². The Morgan fingerprint density at radius 2 is 2.30 bits per heavy atom. The van der Waals surface area contributed by atoms with Gasteiger partial charge in [0.1, 0.15) is 10.7 Å². The number of rotatable bonds is 5. The lowest BCUT2D eigenvalue weighted by molar-refractivity contribution is -0.0846. The van der Waals surface area contributed by atoms with Crippen LogP contribution in [0.1, 0.15) is 0 Å². The Kier molecular flexibility index (Phi) is 5.33. The number of halogens is 1. The third-order valence-corrected chi connectivity index (χ3v) is 4.60. The number of aromatic nitrogens is 1. The molecule has 0 saturated carbocycles. The Hall–Kier alpha value is -0.740. The first-order valence-corrected chi connectivity index (χ1v) is 8.33. The molecule has 0 aromatic carbocycles. The van der Waals surface area contributed by atoms with Gasteiger partial charge < -0.3 is 14.8 Å². The summed E-state index contributed by atoms with van der Waals surface area (Å²) in [5.41, 5.74) is 0. The molecule has 1 aliphatic heterocycles. The zero-order valence-electron chi connectivity index (χ0n) is 10.9. The predicted molar refractivity (Wildman–Crippen MR) is 77.2 cm³/mol. The van der Waals surface area contributed by atoms with E-state index in [0.717, 1.165) is 0 Å². The maximum Gasteiger partial charge on any atom is 0.244 e. The summed E-state index contributed by atoms with van der Waals surface area (Å²) >= 11 is 3.22. The monoisotopic (exact) mass is 365 g/mol. The molecule has 0 bridgehead atoms. The summed E-state index contributed by atoms with van der Waals surface area (Å²) in [5, 5.41) is 2.76. The lowest BCUT2D eigenvalue weighted by Crippen LogP contribution is -2.39. The number of nitrogens with zero attached hydrogens (tertiary/aromatic N) is 1. The van der Waals surface area contributed by atoms with Gasteiger partial charge in [0.2, 0.25) is 10.0 Å². The largest absolute Gasteiger partial charge is 0.376 e. The van der Waals surface area contributed by atoms with Gasteiger partial charge in [0.15, 0.2) is 0 Å². The molecular formula is C11H16BrN3O4S. The first-order valence-electron chi connectivity index (χ1n) is 6.05. The molecule has 1 unspecified atom stereocenters. The van der Waals surface area contributed by atoms with Crippen LogP contribution in [0.15, 0.2) is 21.6 Å². The quantitative estimate of drug-likeness (QED) is 0.793. The van der Waals surface area contributed by atoms with E-state index in [9.17, 15) is 8.42 Å². The standard InChI is InChI=1S/C11H16BrN3O4S/c1-13-11-10(4-8(12)5-14-11)20(16,17)15-6-9-7-18-2-3-19-9/h4-5,9,15H,2-3,6-7H2,1H3,(H,13,14). The molecule has 1 aromatic rings. The lowest BCUT2D eigenvalue weighted by atomic mass is 10.3. The predicted octanol–water partition coefficient (Wildman–Crippen LogP) is 0.579. The zero-order valence-corrected chi connectivity index (χ0v) is 13.3. The molecule has 0 aliphatic carbocycles. The molecule has 0 amide bonds. The second kappa shape index (κ2) is 6.81. The summed E-state index contributed by atoms with van der Waals surface area (Å²) in [6, 6.07) is 1.50. The van der Waals surface area contributed by atoms with Crippen molar-refractivity contribution in [3.8, 4) is 0 Å². The molecule has 1 saturated heterocycles. The fraction of sp³-hybridized carbons (Fsp3) is 0.545. The third kappa shape index (κ3) is 3.89. The van der Waals surface area contributed by atoms with Crippen LogP contribution in [0.2, 0.25) is 0 Å². The van der Waals surface area contributed by atoms with Crippen LogP contribution in [0.3, 0.4) is 0 Å². The van der Waals surface area contributed by atoms with Crippen LogP contribution in [0, 0.1) is 0 Å². The average Bonchev–Trinajstić information content (AvgIpc) is 2.46. The molecule has 1 atom stereocenters. The first-order chi connectivity index (χ1) is 9.53. The van der Waals surface area contributed by atoms with Crippen LogP contribution < -0.4 is 10.0 Å². The SMILES string of the molecule is CNc1ncc(Br)cc1S(=O)(=O)NCC1COCCO1. The number of hydrogen-bond donors (Lipinski definition) is 2. The summed E-state index contributed by atoms with van der Waals surface area (Å²) in [6.07, 6.45) is 1.26. The van der Waals surface area contributed by atoms with Gasteiger partial charge in [-0.05, 0) is 22.0 Å². The van der Waals surface area contributed by atoms with Gasteiger partial charge in [0.25, 0.3) is 0 Å². The molecule has 0 spiro atoms. The number of anilines is 1.